The molecule has 6 nitrogen and oxygen atoms in total. The van der Waals surface area contributed by atoms with Crippen LogP contribution >= 0.6 is 11.3 Å². The van der Waals surface area contributed by atoms with Crippen LogP contribution in [0.1, 0.15) is 37.6 Å². The van der Waals surface area contributed by atoms with E-state index in [0.717, 1.165) is 33.0 Å². The monoisotopic (exact) mass is 473 g/mol. The molecule has 0 aliphatic carbocycles. The maximum atomic E-state index is 12.9. The predicted molar refractivity (Wildman–Crippen MR) is 134 cm³/mol. The second-order valence-corrected chi connectivity index (χ2v) is 9.06. The fourth-order valence-corrected chi connectivity index (χ4v) is 4.69. The van der Waals surface area contributed by atoms with Crippen LogP contribution in [0.2, 0.25) is 0 Å². The van der Waals surface area contributed by atoms with E-state index in [0.29, 0.717) is 29.5 Å². The lowest BCUT2D eigenvalue weighted by Crippen LogP contribution is -2.22. The largest absolute Gasteiger partial charge is 0.493 e. The van der Waals surface area contributed by atoms with Gasteiger partial charge in [0.1, 0.15) is 16.5 Å². The SMILES string of the molecule is COc1cc(CNC(=O)c2sc(-c3ccc(C)cc3C)nc2C)ccc1OCc1ccncc1. The molecule has 0 saturated heterocycles. The molecule has 174 valence electrons. The number of amides is 1. The van der Waals surface area contributed by atoms with Crippen LogP contribution in [0.3, 0.4) is 0 Å². The number of methoxy groups -OCH3 is 1. The van der Waals surface area contributed by atoms with Gasteiger partial charge in [0.2, 0.25) is 0 Å². The summed E-state index contributed by atoms with van der Waals surface area (Å²) < 4.78 is 11.4. The molecule has 7 heteroatoms. The first-order valence-corrected chi connectivity index (χ1v) is 11.8. The number of rotatable bonds is 8. The Kier molecular flexibility index (Phi) is 7.23. The smallest absolute Gasteiger partial charge is 0.263 e. The van der Waals surface area contributed by atoms with Crippen molar-refractivity contribution >= 4 is 17.2 Å². The highest BCUT2D eigenvalue weighted by Gasteiger charge is 2.17. The van der Waals surface area contributed by atoms with Gasteiger partial charge in [-0.1, -0.05) is 29.8 Å². The first kappa shape index (κ1) is 23.4. The highest BCUT2D eigenvalue weighted by atomic mass is 32.1. The number of aromatic nitrogens is 2. The third-order valence-electron chi connectivity index (χ3n) is 5.44. The summed E-state index contributed by atoms with van der Waals surface area (Å²) in [6.07, 6.45) is 3.47. The molecule has 4 rings (SSSR count). The fraction of sp³-hybridized carbons (Fsp3) is 0.222. The van der Waals surface area contributed by atoms with Gasteiger partial charge in [-0.25, -0.2) is 4.98 Å². The normalized spacial score (nSPS) is 10.7. The minimum absolute atomic E-state index is 0.136. The van der Waals surface area contributed by atoms with E-state index in [2.05, 4.69) is 47.3 Å². The minimum atomic E-state index is -0.136. The van der Waals surface area contributed by atoms with E-state index in [1.54, 1.807) is 19.5 Å². The number of hydrogen-bond donors (Lipinski definition) is 1. The summed E-state index contributed by atoms with van der Waals surface area (Å²) in [5.41, 5.74) is 6.09. The lowest BCUT2D eigenvalue weighted by molar-refractivity contribution is 0.0954. The van der Waals surface area contributed by atoms with Gasteiger partial charge in [0, 0.05) is 24.5 Å². The Bertz CT molecular complexity index is 1300. The number of benzene rings is 2. The Morgan fingerprint density at radius 2 is 1.76 bits per heavy atom. The van der Waals surface area contributed by atoms with Crippen molar-refractivity contribution in [3.05, 3.63) is 93.7 Å². The number of nitrogens with one attached hydrogen (secondary N) is 1. The molecule has 0 fully saturated rings. The first-order chi connectivity index (χ1) is 16.4. The Balaban J connectivity index is 1.42. The Labute approximate surface area is 203 Å². The van der Waals surface area contributed by atoms with E-state index < -0.39 is 0 Å². The Hall–Kier alpha value is -3.71. The van der Waals surface area contributed by atoms with Gasteiger partial charge in [0.15, 0.2) is 11.5 Å². The van der Waals surface area contributed by atoms with Gasteiger partial charge < -0.3 is 14.8 Å². The van der Waals surface area contributed by atoms with Gasteiger partial charge in [-0.15, -0.1) is 11.3 Å². The van der Waals surface area contributed by atoms with E-state index in [1.165, 1.54) is 16.9 Å². The molecule has 0 atom stereocenters. The lowest BCUT2D eigenvalue weighted by atomic mass is 10.1. The molecule has 0 bridgehead atoms. The van der Waals surface area contributed by atoms with Crippen molar-refractivity contribution in [3.8, 4) is 22.1 Å². The third kappa shape index (κ3) is 5.43. The number of carbonyl (C=O) groups is 1. The number of hydrogen-bond acceptors (Lipinski definition) is 6. The van der Waals surface area contributed by atoms with Gasteiger partial charge in [-0.3, -0.25) is 9.78 Å². The second-order valence-electron chi connectivity index (χ2n) is 8.06. The van der Waals surface area contributed by atoms with Gasteiger partial charge in [0.05, 0.1) is 12.8 Å². The Morgan fingerprint density at radius 3 is 2.50 bits per heavy atom. The van der Waals surface area contributed by atoms with Crippen LogP contribution in [0.15, 0.2) is 60.9 Å². The van der Waals surface area contributed by atoms with Crippen molar-refractivity contribution in [1.29, 1.82) is 0 Å². The molecule has 2 aromatic carbocycles. The van der Waals surface area contributed by atoms with Crippen LogP contribution in [-0.2, 0) is 13.2 Å². The quantitative estimate of drug-likeness (QED) is 0.358. The summed E-state index contributed by atoms with van der Waals surface area (Å²) in [4.78, 5) is 22.2. The van der Waals surface area contributed by atoms with Crippen molar-refractivity contribution in [2.45, 2.75) is 33.9 Å². The summed E-state index contributed by atoms with van der Waals surface area (Å²) >= 11 is 1.42. The van der Waals surface area contributed by atoms with E-state index in [1.807, 2.05) is 37.3 Å². The topological polar surface area (TPSA) is 73.3 Å². The zero-order valence-electron chi connectivity index (χ0n) is 19.7. The lowest BCUT2D eigenvalue weighted by Gasteiger charge is -2.12. The highest BCUT2D eigenvalue weighted by Crippen LogP contribution is 2.31. The molecular weight excluding hydrogens is 446 g/mol. The van der Waals surface area contributed by atoms with E-state index >= 15 is 0 Å². The third-order valence-corrected chi connectivity index (χ3v) is 6.63. The van der Waals surface area contributed by atoms with Crippen molar-refractivity contribution < 1.29 is 14.3 Å². The minimum Gasteiger partial charge on any atom is -0.493 e. The van der Waals surface area contributed by atoms with Crippen molar-refractivity contribution in [3.63, 3.8) is 0 Å². The maximum absolute atomic E-state index is 12.9. The molecule has 0 radical (unpaired) electrons. The standard InChI is InChI=1S/C27H27N3O3S/c1-17-5-7-22(18(2)13-17)27-30-19(3)25(34-27)26(31)29-15-21-6-8-23(24(14-21)32-4)33-16-20-9-11-28-12-10-20/h5-14H,15-16H2,1-4H3,(H,29,31). The molecular formula is C27H27N3O3S. The molecule has 2 heterocycles. The van der Waals surface area contributed by atoms with Crippen molar-refractivity contribution in [2.24, 2.45) is 0 Å². The van der Waals surface area contributed by atoms with E-state index in [-0.39, 0.29) is 5.91 Å². The summed E-state index contributed by atoms with van der Waals surface area (Å²) in [6, 6.07) is 15.7. The zero-order chi connectivity index (χ0) is 24.1. The predicted octanol–water partition coefficient (Wildman–Crippen LogP) is 5.65. The Morgan fingerprint density at radius 1 is 0.971 bits per heavy atom. The first-order valence-electron chi connectivity index (χ1n) is 11.0. The van der Waals surface area contributed by atoms with Crippen molar-refractivity contribution in [2.75, 3.05) is 7.11 Å². The fourth-order valence-electron chi connectivity index (χ4n) is 3.62. The van der Waals surface area contributed by atoms with Crippen LogP contribution in [0.4, 0.5) is 0 Å². The molecule has 4 aromatic rings. The van der Waals surface area contributed by atoms with Crippen LogP contribution in [-0.4, -0.2) is 23.0 Å². The van der Waals surface area contributed by atoms with Gasteiger partial charge in [-0.05, 0) is 61.7 Å². The molecule has 1 amide bonds. The molecule has 0 saturated carbocycles. The van der Waals surface area contributed by atoms with Crippen LogP contribution < -0.4 is 14.8 Å². The average molecular weight is 474 g/mol. The molecule has 0 spiro atoms. The maximum Gasteiger partial charge on any atom is 0.263 e. The number of aryl methyl sites for hydroxylation is 3. The molecule has 1 N–H and O–H groups in total. The molecule has 0 aliphatic heterocycles. The number of ether oxygens (including phenoxy) is 2. The van der Waals surface area contributed by atoms with Crippen LogP contribution in [0, 0.1) is 20.8 Å². The number of pyridine rings is 1. The molecule has 0 unspecified atom stereocenters. The molecule has 2 aromatic heterocycles. The number of nitrogens with zero attached hydrogens (tertiary/aromatic N) is 2. The summed E-state index contributed by atoms with van der Waals surface area (Å²) in [7, 11) is 1.60. The zero-order valence-corrected chi connectivity index (χ0v) is 20.5. The average Bonchev–Trinajstić information content (AvgIpc) is 3.23. The number of thiazole rings is 1. The van der Waals surface area contributed by atoms with Gasteiger partial charge in [0.25, 0.3) is 5.91 Å². The summed E-state index contributed by atoms with van der Waals surface area (Å²) in [5.74, 6) is 1.13. The summed E-state index contributed by atoms with van der Waals surface area (Å²) in [5, 5.41) is 3.86. The number of carbonyl (C=O) groups excluding carboxylic acids is 1. The van der Waals surface area contributed by atoms with Gasteiger partial charge >= 0.3 is 0 Å². The second kappa shape index (κ2) is 10.5. The molecule has 0 aliphatic rings. The van der Waals surface area contributed by atoms with Crippen LogP contribution in [0.5, 0.6) is 11.5 Å². The van der Waals surface area contributed by atoms with E-state index in [4.69, 9.17) is 9.47 Å². The van der Waals surface area contributed by atoms with Gasteiger partial charge in [-0.2, -0.15) is 0 Å². The summed E-state index contributed by atoms with van der Waals surface area (Å²) in [6.45, 7) is 6.79. The molecule has 34 heavy (non-hydrogen) atoms. The highest BCUT2D eigenvalue weighted by molar-refractivity contribution is 7.17. The van der Waals surface area contributed by atoms with Crippen LogP contribution in [0.25, 0.3) is 10.6 Å². The van der Waals surface area contributed by atoms with E-state index in [9.17, 15) is 4.79 Å². The van der Waals surface area contributed by atoms with Crippen molar-refractivity contribution in [1.82, 2.24) is 15.3 Å².